The fraction of sp³-hybridized carbons (Fsp3) is 0.0667. The first kappa shape index (κ1) is 13.7. The number of ketones is 1. The summed E-state index contributed by atoms with van der Waals surface area (Å²) in [5.74, 6) is -0.150. The van der Waals surface area contributed by atoms with E-state index in [-0.39, 0.29) is 11.7 Å². The van der Waals surface area contributed by atoms with Crippen molar-refractivity contribution in [3.05, 3.63) is 63.2 Å². The highest BCUT2D eigenvalue weighted by Crippen LogP contribution is 2.15. The first-order valence-corrected chi connectivity index (χ1v) is 6.82. The van der Waals surface area contributed by atoms with E-state index in [0.29, 0.717) is 16.8 Å². The average molecular weight is 365 g/mol. The molecule has 0 saturated carbocycles. The summed E-state index contributed by atoms with van der Waals surface area (Å²) in [6.07, 6.45) is 0. The van der Waals surface area contributed by atoms with Crippen LogP contribution in [-0.4, -0.2) is 11.7 Å². The number of carbonyl (C=O) groups is 2. The minimum atomic E-state index is -0.128. The van der Waals surface area contributed by atoms with Gasteiger partial charge in [0.2, 0.25) is 5.91 Å². The Balaban J connectivity index is 2.20. The van der Waals surface area contributed by atoms with E-state index in [1.54, 1.807) is 24.3 Å². The van der Waals surface area contributed by atoms with Gasteiger partial charge in [0.25, 0.3) is 0 Å². The van der Waals surface area contributed by atoms with Gasteiger partial charge in [-0.1, -0.05) is 0 Å². The number of halogens is 1. The first-order valence-electron chi connectivity index (χ1n) is 5.74. The second-order valence-corrected chi connectivity index (χ2v) is 5.34. The summed E-state index contributed by atoms with van der Waals surface area (Å²) in [5.41, 5.74) is 1.95. The van der Waals surface area contributed by atoms with Crippen molar-refractivity contribution in [2.75, 3.05) is 5.32 Å². The minimum Gasteiger partial charge on any atom is -0.326 e. The Morgan fingerprint density at radius 1 is 0.895 bits per heavy atom. The third kappa shape index (κ3) is 3.64. The predicted octanol–water partition coefficient (Wildman–Crippen LogP) is 3.48. The second-order valence-electron chi connectivity index (χ2n) is 4.09. The second kappa shape index (κ2) is 5.97. The number of nitrogens with one attached hydrogen (secondary N) is 1. The van der Waals surface area contributed by atoms with Crippen LogP contribution in [0, 0.1) is 3.57 Å². The van der Waals surface area contributed by atoms with Crippen LogP contribution in [-0.2, 0) is 4.79 Å². The maximum absolute atomic E-state index is 12.2. The molecule has 0 fully saturated rings. The van der Waals surface area contributed by atoms with E-state index in [4.69, 9.17) is 0 Å². The molecule has 1 amide bonds. The van der Waals surface area contributed by atoms with E-state index < -0.39 is 0 Å². The van der Waals surface area contributed by atoms with E-state index in [0.717, 1.165) is 3.57 Å². The molecule has 0 heterocycles. The molecular formula is C15H12INO2. The first-order chi connectivity index (χ1) is 9.06. The number of benzene rings is 2. The van der Waals surface area contributed by atoms with Crippen molar-refractivity contribution in [1.29, 1.82) is 0 Å². The molecule has 4 heteroatoms. The summed E-state index contributed by atoms with van der Waals surface area (Å²) in [5, 5.41) is 2.67. The Morgan fingerprint density at radius 2 is 1.37 bits per heavy atom. The highest BCUT2D eigenvalue weighted by molar-refractivity contribution is 14.1. The standard InChI is InChI=1S/C15H12INO2/c1-10(18)17-14-8-4-12(5-9-14)15(19)11-2-6-13(16)7-3-11/h2-9H,1H3,(H,17,18). The van der Waals surface area contributed by atoms with Crippen molar-refractivity contribution in [3.63, 3.8) is 0 Å². The molecule has 0 aromatic heterocycles. The fourth-order valence-corrected chi connectivity index (χ4v) is 2.04. The van der Waals surface area contributed by atoms with E-state index in [1.165, 1.54) is 6.92 Å². The Hall–Kier alpha value is -1.69. The van der Waals surface area contributed by atoms with Crippen molar-refractivity contribution < 1.29 is 9.59 Å². The normalized spacial score (nSPS) is 10.0. The van der Waals surface area contributed by atoms with Crippen molar-refractivity contribution in [3.8, 4) is 0 Å². The van der Waals surface area contributed by atoms with Gasteiger partial charge in [-0.05, 0) is 71.1 Å². The van der Waals surface area contributed by atoms with Gasteiger partial charge in [0, 0.05) is 27.3 Å². The summed E-state index contributed by atoms with van der Waals surface area (Å²) < 4.78 is 1.09. The van der Waals surface area contributed by atoms with Crippen LogP contribution in [0.1, 0.15) is 22.8 Å². The predicted molar refractivity (Wildman–Crippen MR) is 83.3 cm³/mol. The zero-order valence-electron chi connectivity index (χ0n) is 10.3. The average Bonchev–Trinajstić information content (AvgIpc) is 2.39. The summed E-state index contributed by atoms with van der Waals surface area (Å²) in [7, 11) is 0. The van der Waals surface area contributed by atoms with Crippen LogP contribution in [0.5, 0.6) is 0 Å². The lowest BCUT2D eigenvalue weighted by molar-refractivity contribution is -0.114. The van der Waals surface area contributed by atoms with Gasteiger partial charge in [0.1, 0.15) is 0 Å². The van der Waals surface area contributed by atoms with Gasteiger partial charge in [-0.25, -0.2) is 0 Å². The summed E-state index contributed by atoms with van der Waals surface area (Å²) in [6.45, 7) is 1.45. The molecule has 0 aliphatic heterocycles. The lowest BCUT2D eigenvalue weighted by Gasteiger charge is -2.04. The monoisotopic (exact) mass is 365 g/mol. The maximum atomic E-state index is 12.2. The number of amides is 1. The number of anilines is 1. The lowest BCUT2D eigenvalue weighted by Crippen LogP contribution is -2.06. The van der Waals surface area contributed by atoms with Gasteiger partial charge in [-0.2, -0.15) is 0 Å². The van der Waals surface area contributed by atoms with Crippen molar-refractivity contribution in [2.24, 2.45) is 0 Å². The van der Waals surface area contributed by atoms with Crippen molar-refractivity contribution in [2.45, 2.75) is 6.92 Å². The fourth-order valence-electron chi connectivity index (χ4n) is 1.68. The molecule has 0 atom stereocenters. The van der Waals surface area contributed by atoms with Gasteiger partial charge in [0.15, 0.2) is 5.78 Å². The molecule has 2 rings (SSSR count). The summed E-state index contributed by atoms with van der Waals surface area (Å²) in [4.78, 5) is 23.1. The minimum absolute atomic E-state index is 0.0224. The van der Waals surface area contributed by atoms with Crippen molar-refractivity contribution >= 4 is 40.0 Å². The van der Waals surface area contributed by atoms with E-state index in [2.05, 4.69) is 27.9 Å². The van der Waals surface area contributed by atoms with Gasteiger partial charge in [0.05, 0.1) is 0 Å². The van der Waals surface area contributed by atoms with Crippen LogP contribution in [0.25, 0.3) is 0 Å². The van der Waals surface area contributed by atoms with Gasteiger partial charge in [-0.15, -0.1) is 0 Å². The Labute approximate surface area is 125 Å². The molecule has 19 heavy (non-hydrogen) atoms. The summed E-state index contributed by atoms with van der Waals surface area (Å²) in [6, 6.07) is 14.3. The smallest absolute Gasteiger partial charge is 0.221 e. The molecule has 0 radical (unpaired) electrons. The molecule has 0 aliphatic rings. The van der Waals surface area contributed by atoms with Gasteiger partial charge in [-0.3, -0.25) is 9.59 Å². The molecule has 0 aliphatic carbocycles. The van der Waals surface area contributed by atoms with Crippen LogP contribution in [0.15, 0.2) is 48.5 Å². The molecule has 3 nitrogen and oxygen atoms in total. The molecule has 0 saturated heterocycles. The molecular weight excluding hydrogens is 353 g/mol. The largest absolute Gasteiger partial charge is 0.326 e. The van der Waals surface area contributed by atoms with Gasteiger partial charge >= 0.3 is 0 Å². The highest BCUT2D eigenvalue weighted by atomic mass is 127. The molecule has 96 valence electrons. The van der Waals surface area contributed by atoms with Crippen LogP contribution in [0.4, 0.5) is 5.69 Å². The third-order valence-electron chi connectivity index (χ3n) is 2.57. The Bertz CT molecular complexity index is 603. The van der Waals surface area contributed by atoms with Crippen LogP contribution in [0.2, 0.25) is 0 Å². The van der Waals surface area contributed by atoms with Gasteiger partial charge < -0.3 is 5.32 Å². The van der Waals surface area contributed by atoms with Crippen LogP contribution >= 0.6 is 22.6 Å². The summed E-state index contributed by atoms with van der Waals surface area (Å²) >= 11 is 2.20. The quantitative estimate of drug-likeness (QED) is 0.669. The number of carbonyl (C=O) groups excluding carboxylic acids is 2. The number of rotatable bonds is 3. The highest BCUT2D eigenvalue weighted by Gasteiger charge is 2.08. The lowest BCUT2D eigenvalue weighted by atomic mass is 10.0. The molecule has 1 N–H and O–H groups in total. The van der Waals surface area contributed by atoms with E-state index in [1.807, 2.05) is 24.3 Å². The topological polar surface area (TPSA) is 46.2 Å². The molecule has 0 spiro atoms. The zero-order valence-corrected chi connectivity index (χ0v) is 12.5. The molecule has 0 bridgehead atoms. The Kier molecular flexibility index (Phi) is 4.31. The molecule has 2 aromatic carbocycles. The van der Waals surface area contributed by atoms with E-state index in [9.17, 15) is 9.59 Å². The van der Waals surface area contributed by atoms with Crippen molar-refractivity contribution in [1.82, 2.24) is 0 Å². The molecule has 0 unspecified atom stereocenters. The van der Waals surface area contributed by atoms with Crippen LogP contribution in [0.3, 0.4) is 0 Å². The molecule has 2 aromatic rings. The SMILES string of the molecule is CC(=O)Nc1ccc(C(=O)c2ccc(I)cc2)cc1. The van der Waals surface area contributed by atoms with Crippen LogP contribution < -0.4 is 5.32 Å². The number of hydrogen-bond acceptors (Lipinski definition) is 2. The maximum Gasteiger partial charge on any atom is 0.221 e. The number of hydrogen-bond donors (Lipinski definition) is 1. The zero-order chi connectivity index (χ0) is 13.8. The van der Waals surface area contributed by atoms with E-state index >= 15 is 0 Å². The Morgan fingerprint density at radius 3 is 1.84 bits per heavy atom. The third-order valence-corrected chi connectivity index (χ3v) is 3.29.